The van der Waals surface area contributed by atoms with Gasteiger partial charge >= 0.3 is 5.97 Å². The SMILES string of the molecule is CCCCC(CC)(CNN)C(=O)O. The van der Waals surface area contributed by atoms with Crippen LogP contribution in [0.15, 0.2) is 0 Å². The van der Waals surface area contributed by atoms with E-state index in [1.165, 1.54) is 0 Å². The van der Waals surface area contributed by atoms with Gasteiger partial charge in [-0.1, -0.05) is 26.7 Å². The molecule has 4 N–H and O–H groups in total. The Bertz CT molecular complexity index is 162. The van der Waals surface area contributed by atoms with Crippen LogP contribution in [0.5, 0.6) is 0 Å². The van der Waals surface area contributed by atoms with Crippen LogP contribution in [0.3, 0.4) is 0 Å². The molecule has 0 heterocycles. The van der Waals surface area contributed by atoms with E-state index in [9.17, 15) is 4.79 Å². The quantitative estimate of drug-likeness (QED) is 0.413. The second-order valence-corrected chi connectivity index (χ2v) is 3.42. The minimum absolute atomic E-state index is 0.346. The highest BCUT2D eigenvalue weighted by Gasteiger charge is 2.35. The first-order chi connectivity index (χ1) is 6.13. The van der Waals surface area contributed by atoms with E-state index >= 15 is 0 Å². The summed E-state index contributed by atoms with van der Waals surface area (Å²) < 4.78 is 0. The molecule has 0 fully saturated rings. The number of carboxylic acids is 1. The van der Waals surface area contributed by atoms with Crippen molar-refractivity contribution in [2.24, 2.45) is 11.3 Å². The summed E-state index contributed by atoms with van der Waals surface area (Å²) in [5.41, 5.74) is 1.79. The topological polar surface area (TPSA) is 75.3 Å². The average molecular weight is 188 g/mol. The van der Waals surface area contributed by atoms with Gasteiger partial charge in [-0.2, -0.15) is 0 Å². The summed E-state index contributed by atoms with van der Waals surface area (Å²) in [5.74, 6) is 4.44. The number of aliphatic carboxylic acids is 1. The molecule has 0 saturated heterocycles. The van der Waals surface area contributed by atoms with Gasteiger partial charge in [0.2, 0.25) is 0 Å². The molecule has 0 aromatic heterocycles. The molecule has 78 valence electrons. The molecule has 4 heteroatoms. The molecule has 0 amide bonds. The molecular weight excluding hydrogens is 168 g/mol. The summed E-state index contributed by atoms with van der Waals surface area (Å²) in [6.07, 6.45) is 3.26. The van der Waals surface area contributed by atoms with Gasteiger partial charge in [-0.15, -0.1) is 0 Å². The van der Waals surface area contributed by atoms with Crippen LogP contribution in [-0.2, 0) is 4.79 Å². The number of hydrogen-bond donors (Lipinski definition) is 3. The van der Waals surface area contributed by atoms with Gasteiger partial charge in [-0.05, 0) is 12.8 Å². The van der Waals surface area contributed by atoms with Gasteiger partial charge in [-0.3, -0.25) is 16.1 Å². The van der Waals surface area contributed by atoms with E-state index in [1.807, 2.05) is 6.92 Å². The Morgan fingerprint density at radius 3 is 2.46 bits per heavy atom. The van der Waals surface area contributed by atoms with Crippen LogP contribution in [0.1, 0.15) is 39.5 Å². The maximum atomic E-state index is 11.1. The first-order valence-electron chi connectivity index (χ1n) is 4.79. The zero-order chi connectivity index (χ0) is 10.3. The normalized spacial score (nSPS) is 15.3. The molecule has 4 nitrogen and oxygen atoms in total. The standard InChI is InChI=1S/C9H20N2O2/c1-3-5-6-9(4-2,7-11-10)8(12)13/h11H,3-7,10H2,1-2H3,(H,12,13). The number of hydrogen-bond acceptors (Lipinski definition) is 3. The number of hydrazine groups is 1. The second-order valence-electron chi connectivity index (χ2n) is 3.42. The van der Waals surface area contributed by atoms with E-state index < -0.39 is 11.4 Å². The van der Waals surface area contributed by atoms with Gasteiger partial charge in [0.1, 0.15) is 0 Å². The maximum Gasteiger partial charge on any atom is 0.310 e. The Morgan fingerprint density at radius 2 is 2.15 bits per heavy atom. The van der Waals surface area contributed by atoms with Crippen molar-refractivity contribution < 1.29 is 9.90 Å². The fourth-order valence-electron chi connectivity index (χ4n) is 1.43. The molecule has 0 aromatic carbocycles. The van der Waals surface area contributed by atoms with Gasteiger partial charge in [-0.25, -0.2) is 0 Å². The monoisotopic (exact) mass is 188 g/mol. The lowest BCUT2D eigenvalue weighted by Crippen LogP contribution is -2.43. The molecule has 0 aliphatic heterocycles. The Morgan fingerprint density at radius 1 is 1.54 bits per heavy atom. The van der Waals surface area contributed by atoms with E-state index in [1.54, 1.807) is 0 Å². The van der Waals surface area contributed by atoms with Crippen molar-refractivity contribution in [1.29, 1.82) is 0 Å². The van der Waals surface area contributed by atoms with Gasteiger partial charge in [0, 0.05) is 6.54 Å². The zero-order valence-electron chi connectivity index (χ0n) is 8.47. The van der Waals surface area contributed by atoms with Crippen molar-refractivity contribution in [2.45, 2.75) is 39.5 Å². The Hall–Kier alpha value is -0.610. The van der Waals surface area contributed by atoms with Crippen molar-refractivity contribution in [1.82, 2.24) is 5.43 Å². The van der Waals surface area contributed by atoms with Gasteiger partial charge < -0.3 is 5.11 Å². The first kappa shape index (κ1) is 12.4. The van der Waals surface area contributed by atoms with Crippen molar-refractivity contribution in [3.63, 3.8) is 0 Å². The molecule has 13 heavy (non-hydrogen) atoms. The van der Waals surface area contributed by atoms with Crippen LogP contribution >= 0.6 is 0 Å². The zero-order valence-corrected chi connectivity index (χ0v) is 8.47. The lowest BCUT2D eigenvalue weighted by molar-refractivity contribution is -0.149. The number of unbranched alkanes of at least 4 members (excludes halogenated alkanes) is 1. The Labute approximate surface area is 79.5 Å². The predicted molar refractivity (Wildman–Crippen MR) is 52.1 cm³/mol. The highest BCUT2D eigenvalue weighted by molar-refractivity contribution is 5.74. The third-order valence-electron chi connectivity index (χ3n) is 2.58. The summed E-state index contributed by atoms with van der Waals surface area (Å²) >= 11 is 0. The fraction of sp³-hybridized carbons (Fsp3) is 0.889. The van der Waals surface area contributed by atoms with Crippen LogP contribution < -0.4 is 11.3 Å². The largest absolute Gasteiger partial charge is 0.481 e. The molecular formula is C9H20N2O2. The van der Waals surface area contributed by atoms with Gasteiger partial charge in [0.15, 0.2) is 0 Å². The Balaban J connectivity index is 4.35. The van der Waals surface area contributed by atoms with Crippen molar-refractivity contribution in [2.75, 3.05) is 6.54 Å². The molecule has 0 rings (SSSR count). The van der Waals surface area contributed by atoms with E-state index in [0.29, 0.717) is 19.4 Å². The summed E-state index contributed by atoms with van der Waals surface area (Å²) in [6.45, 7) is 4.29. The van der Waals surface area contributed by atoms with Crippen LogP contribution in [0.4, 0.5) is 0 Å². The number of rotatable bonds is 7. The fourth-order valence-corrected chi connectivity index (χ4v) is 1.43. The molecule has 1 unspecified atom stereocenters. The van der Waals surface area contributed by atoms with Crippen LogP contribution in [0.25, 0.3) is 0 Å². The van der Waals surface area contributed by atoms with Gasteiger partial charge in [0.25, 0.3) is 0 Å². The van der Waals surface area contributed by atoms with E-state index in [0.717, 1.165) is 12.8 Å². The third-order valence-corrected chi connectivity index (χ3v) is 2.58. The summed E-state index contributed by atoms with van der Waals surface area (Å²) in [6, 6.07) is 0. The summed E-state index contributed by atoms with van der Waals surface area (Å²) in [7, 11) is 0. The Kier molecular flexibility index (Phi) is 5.66. The molecule has 0 aromatic rings. The van der Waals surface area contributed by atoms with E-state index in [-0.39, 0.29) is 0 Å². The van der Waals surface area contributed by atoms with Gasteiger partial charge in [0.05, 0.1) is 5.41 Å². The van der Waals surface area contributed by atoms with Crippen molar-refractivity contribution >= 4 is 5.97 Å². The van der Waals surface area contributed by atoms with Crippen LogP contribution in [-0.4, -0.2) is 17.6 Å². The average Bonchev–Trinajstić information content (AvgIpc) is 2.12. The van der Waals surface area contributed by atoms with E-state index in [4.69, 9.17) is 10.9 Å². The molecule has 0 saturated carbocycles. The summed E-state index contributed by atoms with van der Waals surface area (Å²) in [5, 5.41) is 9.09. The smallest absolute Gasteiger partial charge is 0.310 e. The highest BCUT2D eigenvalue weighted by Crippen LogP contribution is 2.28. The third kappa shape index (κ3) is 3.32. The molecule has 0 aliphatic carbocycles. The summed E-state index contributed by atoms with van der Waals surface area (Å²) in [4.78, 5) is 11.1. The lowest BCUT2D eigenvalue weighted by atomic mass is 9.80. The minimum atomic E-state index is -0.749. The number of nitrogens with one attached hydrogen (secondary N) is 1. The maximum absolute atomic E-state index is 11.1. The predicted octanol–water partition coefficient (Wildman–Crippen LogP) is 1.12. The second kappa shape index (κ2) is 5.94. The molecule has 0 aliphatic rings. The molecule has 0 spiro atoms. The van der Waals surface area contributed by atoms with Crippen molar-refractivity contribution in [3.05, 3.63) is 0 Å². The van der Waals surface area contributed by atoms with Crippen LogP contribution in [0, 0.1) is 5.41 Å². The van der Waals surface area contributed by atoms with E-state index in [2.05, 4.69) is 12.3 Å². The number of carboxylic acid groups (broad SMARTS) is 1. The lowest BCUT2D eigenvalue weighted by Gasteiger charge is -2.27. The molecule has 0 bridgehead atoms. The highest BCUT2D eigenvalue weighted by atomic mass is 16.4. The van der Waals surface area contributed by atoms with Crippen molar-refractivity contribution in [3.8, 4) is 0 Å². The number of carbonyl (C=O) groups is 1. The first-order valence-corrected chi connectivity index (χ1v) is 4.79. The molecule has 0 radical (unpaired) electrons. The number of nitrogens with two attached hydrogens (primary N) is 1. The van der Waals surface area contributed by atoms with Crippen LogP contribution in [0.2, 0.25) is 0 Å². The minimum Gasteiger partial charge on any atom is -0.481 e. The molecule has 1 atom stereocenters.